The van der Waals surface area contributed by atoms with Crippen molar-refractivity contribution in [3.8, 4) is 0 Å². The van der Waals surface area contributed by atoms with Gasteiger partial charge in [0, 0.05) is 39.1 Å². The van der Waals surface area contributed by atoms with Gasteiger partial charge in [0.1, 0.15) is 0 Å². The van der Waals surface area contributed by atoms with E-state index in [0.29, 0.717) is 13.1 Å². The zero-order chi connectivity index (χ0) is 12.2. The third-order valence-electron chi connectivity index (χ3n) is 2.49. The maximum Gasteiger partial charge on any atom is 0.401 e. The molecule has 0 radical (unpaired) electrons. The van der Waals surface area contributed by atoms with Crippen molar-refractivity contribution < 1.29 is 18.0 Å². The van der Waals surface area contributed by atoms with Crippen LogP contribution in [0.15, 0.2) is 0 Å². The average Bonchev–Trinajstić information content (AvgIpc) is 2.16. The van der Waals surface area contributed by atoms with Crippen molar-refractivity contribution in [3.63, 3.8) is 0 Å². The highest BCUT2D eigenvalue weighted by molar-refractivity contribution is 5.85. The summed E-state index contributed by atoms with van der Waals surface area (Å²) < 4.78 is 36.2. The van der Waals surface area contributed by atoms with Crippen LogP contribution in [0.4, 0.5) is 13.2 Å². The number of amides is 1. The molecule has 1 amide bonds. The van der Waals surface area contributed by atoms with Gasteiger partial charge >= 0.3 is 6.18 Å². The fraction of sp³-hybridized carbons (Fsp3) is 0.889. The lowest BCUT2D eigenvalue weighted by atomic mass is 10.2. The molecule has 18 heavy (non-hydrogen) atoms. The molecule has 0 aliphatic carbocycles. The molecule has 110 valence electrons. The van der Waals surface area contributed by atoms with E-state index in [1.54, 1.807) is 4.90 Å². The highest BCUT2D eigenvalue weighted by Gasteiger charge is 2.32. The summed E-state index contributed by atoms with van der Waals surface area (Å²) in [6.07, 6.45) is -3.90. The Morgan fingerprint density at radius 2 is 1.61 bits per heavy atom. The third kappa shape index (κ3) is 7.25. The number of carbonyl (C=O) groups is 1. The van der Waals surface area contributed by atoms with Crippen LogP contribution in [0, 0.1) is 0 Å². The van der Waals surface area contributed by atoms with Crippen LogP contribution in [0.2, 0.25) is 0 Å². The van der Waals surface area contributed by atoms with Crippen molar-refractivity contribution in [2.75, 3.05) is 39.3 Å². The molecule has 0 aromatic carbocycles. The molecule has 0 aromatic rings. The molecule has 0 spiro atoms. The molecule has 9 heteroatoms. The topological polar surface area (TPSA) is 49.6 Å². The molecule has 2 N–H and O–H groups in total. The summed E-state index contributed by atoms with van der Waals surface area (Å²) in [5.74, 6) is -0.0749. The second kappa shape index (κ2) is 8.79. The fourth-order valence-corrected chi connectivity index (χ4v) is 1.69. The highest BCUT2D eigenvalue weighted by atomic mass is 35.5. The van der Waals surface area contributed by atoms with Gasteiger partial charge in [-0.3, -0.25) is 9.69 Å². The van der Waals surface area contributed by atoms with Crippen LogP contribution in [-0.2, 0) is 4.79 Å². The molecule has 1 aliphatic rings. The summed E-state index contributed by atoms with van der Waals surface area (Å²) in [7, 11) is 0. The molecule has 0 saturated carbocycles. The van der Waals surface area contributed by atoms with Gasteiger partial charge in [-0.1, -0.05) is 0 Å². The Labute approximate surface area is 116 Å². The van der Waals surface area contributed by atoms with E-state index in [1.165, 1.54) is 4.90 Å². The van der Waals surface area contributed by atoms with Crippen LogP contribution in [0.1, 0.15) is 6.42 Å². The monoisotopic (exact) mass is 311 g/mol. The van der Waals surface area contributed by atoms with Crippen LogP contribution < -0.4 is 5.73 Å². The van der Waals surface area contributed by atoms with Crippen LogP contribution >= 0.6 is 24.8 Å². The van der Waals surface area contributed by atoms with Gasteiger partial charge in [0.05, 0.1) is 6.54 Å². The number of piperazine rings is 1. The largest absolute Gasteiger partial charge is 0.401 e. The molecular weight excluding hydrogens is 294 g/mol. The van der Waals surface area contributed by atoms with Crippen LogP contribution in [0.25, 0.3) is 0 Å². The Morgan fingerprint density at radius 1 is 1.11 bits per heavy atom. The van der Waals surface area contributed by atoms with E-state index in [9.17, 15) is 18.0 Å². The number of hydrogen-bond acceptors (Lipinski definition) is 3. The summed E-state index contributed by atoms with van der Waals surface area (Å²) >= 11 is 0. The first kappa shape index (κ1) is 20.1. The Morgan fingerprint density at radius 3 is 2.00 bits per heavy atom. The van der Waals surface area contributed by atoms with Crippen molar-refractivity contribution in [1.29, 1.82) is 0 Å². The van der Waals surface area contributed by atoms with Crippen molar-refractivity contribution in [2.45, 2.75) is 12.6 Å². The van der Waals surface area contributed by atoms with Gasteiger partial charge < -0.3 is 10.6 Å². The van der Waals surface area contributed by atoms with Crippen LogP contribution in [-0.4, -0.2) is 61.2 Å². The molecule has 0 unspecified atom stereocenters. The summed E-state index contributed by atoms with van der Waals surface area (Å²) in [6.45, 7) is 0.642. The summed E-state index contributed by atoms with van der Waals surface area (Å²) in [5, 5.41) is 0. The van der Waals surface area contributed by atoms with Crippen molar-refractivity contribution in [3.05, 3.63) is 0 Å². The SMILES string of the molecule is Cl.Cl.NCCC(=O)N1CCN(CC(F)(F)F)CC1. The van der Waals surface area contributed by atoms with E-state index in [0.717, 1.165) is 0 Å². The summed E-state index contributed by atoms with van der Waals surface area (Å²) in [6, 6.07) is 0. The molecule has 1 rings (SSSR count). The van der Waals surface area contributed by atoms with Gasteiger partial charge in [-0.2, -0.15) is 13.2 Å². The first-order valence-corrected chi connectivity index (χ1v) is 5.19. The Hall–Kier alpha value is -0.240. The van der Waals surface area contributed by atoms with Gasteiger partial charge in [-0.15, -0.1) is 24.8 Å². The van der Waals surface area contributed by atoms with Crippen LogP contribution in [0.5, 0.6) is 0 Å². The number of nitrogens with two attached hydrogens (primary N) is 1. The normalized spacial score (nSPS) is 16.8. The maximum atomic E-state index is 12.1. The molecule has 1 saturated heterocycles. The fourth-order valence-electron chi connectivity index (χ4n) is 1.69. The van der Waals surface area contributed by atoms with E-state index in [4.69, 9.17) is 5.73 Å². The standard InChI is InChI=1S/C9H16F3N3O.2ClH/c10-9(11,12)7-14-3-5-15(6-4-14)8(16)1-2-13;;/h1-7,13H2;2*1H. The molecule has 1 aliphatic heterocycles. The van der Waals surface area contributed by atoms with E-state index in [2.05, 4.69) is 0 Å². The predicted molar refractivity (Wildman–Crippen MR) is 67.2 cm³/mol. The second-order valence-corrected chi connectivity index (χ2v) is 3.81. The van der Waals surface area contributed by atoms with Crippen LogP contribution in [0.3, 0.4) is 0 Å². The van der Waals surface area contributed by atoms with E-state index < -0.39 is 12.7 Å². The predicted octanol–water partition coefficient (Wildman–Crippen LogP) is 0.885. The molecule has 1 heterocycles. The molecule has 0 atom stereocenters. The lowest BCUT2D eigenvalue weighted by Gasteiger charge is -2.35. The molecule has 4 nitrogen and oxygen atoms in total. The highest BCUT2D eigenvalue weighted by Crippen LogP contribution is 2.17. The number of hydrogen-bond donors (Lipinski definition) is 1. The number of carbonyl (C=O) groups excluding carboxylic acids is 1. The molecular formula is C9H18Cl2F3N3O. The maximum absolute atomic E-state index is 12.1. The summed E-state index contributed by atoms with van der Waals surface area (Å²) in [5.41, 5.74) is 5.24. The van der Waals surface area contributed by atoms with E-state index >= 15 is 0 Å². The minimum atomic E-state index is -4.16. The zero-order valence-electron chi connectivity index (χ0n) is 9.78. The van der Waals surface area contributed by atoms with Gasteiger partial charge in [-0.25, -0.2) is 0 Å². The third-order valence-corrected chi connectivity index (χ3v) is 2.49. The zero-order valence-corrected chi connectivity index (χ0v) is 11.4. The van der Waals surface area contributed by atoms with E-state index in [1.807, 2.05) is 0 Å². The Bertz CT molecular complexity index is 246. The van der Waals surface area contributed by atoms with E-state index in [-0.39, 0.29) is 56.8 Å². The minimum absolute atomic E-state index is 0. The van der Waals surface area contributed by atoms with Gasteiger partial charge in [0.15, 0.2) is 0 Å². The minimum Gasteiger partial charge on any atom is -0.340 e. The smallest absolute Gasteiger partial charge is 0.340 e. The number of rotatable bonds is 3. The first-order valence-electron chi connectivity index (χ1n) is 5.19. The first-order chi connectivity index (χ1) is 7.42. The summed E-state index contributed by atoms with van der Waals surface area (Å²) in [4.78, 5) is 14.3. The molecule has 0 bridgehead atoms. The quantitative estimate of drug-likeness (QED) is 0.842. The number of halogens is 5. The Balaban J connectivity index is 0. The number of alkyl halides is 3. The Kier molecular flexibility index (Phi) is 9.81. The van der Waals surface area contributed by atoms with Gasteiger partial charge in [0.25, 0.3) is 0 Å². The van der Waals surface area contributed by atoms with Crippen molar-refractivity contribution in [2.24, 2.45) is 5.73 Å². The lowest BCUT2D eigenvalue weighted by Crippen LogP contribution is -2.51. The lowest BCUT2D eigenvalue weighted by molar-refractivity contribution is -0.151. The van der Waals surface area contributed by atoms with Crippen molar-refractivity contribution in [1.82, 2.24) is 9.80 Å². The second-order valence-electron chi connectivity index (χ2n) is 3.81. The van der Waals surface area contributed by atoms with Gasteiger partial charge in [-0.05, 0) is 0 Å². The van der Waals surface area contributed by atoms with Gasteiger partial charge in [0.2, 0.25) is 5.91 Å². The average molecular weight is 312 g/mol. The van der Waals surface area contributed by atoms with Crippen molar-refractivity contribution >= 4 is 30.7 Å². The molecule has 1 fully saturated rings. The number of nitrogens with zero attached hydrogens (tertiary/aromatic N) is 2. The molecule has 0 aromatic heterocycles.